The van der Waals surface area contributed by atoms with Crippen LogP contribution in [0.5, 0.6) is 0 Å². The van der Waals surface area contributed by atoms with Crippen LogP contribution in [-0.2, 0) is 25.7 Å². The predicted molar refractivity (Wildman–Crippen MR) is 109 cm³/mol. The first-order valence-corrected chi connectivity index (χ1v) is 10.8. The molecule has 2 aromatic carbocycles. The average molecular weight is 556 g/mol. The molecule has 0 unspecified atom stereocenters. The second kappa shape index (κ2) is 10.4. The predicted octanol–water partition coefficient (Wildman–Crippen LogP) is 8.71. The fourth-order valence-electron chi connectivity index (χ4n) is 3.35. The van der Waals surface area contributed by atoms with Gasteiger partial charge in [0, 0.05) is 6.42 Å². The lowest BCUT2D eigenvalue weighted by Crippen LogP contribution is -2.69. The van der Waals surface area contributed by atoms with Crippen LogP contribution in [0.4, 0.5) is 57.1 Å². The normalized spacial score (nSPS) is 15.5. The van der Waals surface area contributed by atoms with Gasteiger partial charge in [-0.2, -0.15) is 57.1 Å². The van der Waals surface area contributed by atoms with Gasteiger partial charge in [-0.25, -0.2) is 0 Å². The molecule has 4 aliphatic rings. The van der Waals surface area contributed by atoms with Gasteiger partial charge in [0.15, 0.2) is 0 Å². The first-order valence-electron chi connectivity index (χ1n) is 10.8. The van der Waals surface area contributed by atoms with E-state index in [1.165, 1.54) is 22.3 Å². The topological polar surface area (TPSA) is 0 Å². The maximum atomic E-state index is 12.7. The van der Waals surface area contributed by atoms with Crippen LogP contribution >= 0.6 is 0 Å². The zero-order valence-electron chi connectivity index (χ0n) is 19.1. The summed E-state index contributed by atoms with van der Waals surface area (Å²) in [6.45, 7) is 0.115. The van der Waals surface area contributed by atoms with E-state index in [-0.39, 0.29) is 6.92 Å². The van der Waals surface area contributed by atoms with Gasteiger partial charge in [-0.3, -0.25) is 0 Å². The van der Waals surface area contributed by atoms with Crippen molar-refractivity contribution in [3.63, 3.8) is 0 Å². The highest BCUT2D eigenvalue weighted by Gasteiger charge is 2.90. The minimum atomic E-state index is -7.81. The summed E-state index contributed by atoms with van der Waals surface area (Å²) >= 11 is 0. The van der Waals surface area contributed by atoms with E-state index in [1.54, 1.807) is 0 Å². The molecule has 0 atom stereocenters. The summed E-state index contributed by atoms with van der Waals surface area (Å²) in [6, 6.07) is 18.2. The third-order valence-electron chi connectivity index (χ3n) is 5.89. The lowest BCUT2D eigenvalue weighted by molar-refractivity contribution is -0.439. The van der Waals surface area contributed by atoms with Gasteiger partial charge in [-0.1, -0.05) is 55.5 Å². The van der Waals surface area contributed by atoms with Crippen molar-refractivity contribution in [2.24, 2.45) is 0 Å². The summed E-state index contributed by atoms with van der Waals surface area (Å²) in [7, 11) is 0. The maximum absolute atomic E-state index is 12.7. The van der Waals surface area contributed by atoms with Crippen LogP contribution in [0.2, 0.25) is 0 Å². The molecule has 2 aromatic rings. The third-order valence-corrected chi connectivity index (χ3v) is 5.89. The Hall–Kier alpha value is -2.47. The van der Waals surface area contributed by atoms with Crippen LogP contribution in [0.1, 0.15) is 35.6 Å². The summed E-state index contributed by atoms with van der Waals surface area (Å²) in [5, 5.41) is 0. The van der Waals surface area contributed by atoms with Crippen LogP contribution in [-0.4, -0.2) is 35.8 Å². The van der Waals surface area contributed by atoms with E-state index < -0.39 is 42.2 Å². The Kier molecular flexibility index (Phi) is 8.61. The number of alkyl halides is 13. The minimum Gasteiger partial charge on any atom is -0.200 e. The fraction of sp³-hybridized carbons (Fsp3) is 0.500. The number of halogens is 13. The van der Waals surface area contributed by atoms with E-state index in [0.29, 0.717) is 0 Å². The fourth-order valence-corrected chi connectivity index (χ4v) is 3.35. The Balaban J connectivity index is 0.000000267. The molecule has 208 valence electrons. The van der Waals surface area contributed by atoms with Crippen molar-refractivity contribution >= 4 is 0 Å². The van der Waals surface area contributed by atoms with Crippen LogP contribution in [0.15, 0.2) is 48.5 Å². The van der Waals surface area contributed by atoms with Crippen LogP contribution in [0, 0.1) is 0 Å². The van der Waals surface area contributed by atoms with E-state index in [0.717, 1.165) is 25.7 Å². The lowest BCUT2D eigenvalue weighted by Gasteiger charge is -2.39. The van der Waals surface area contributed by atoms with Gasteiger partial charge < -0.3 is 0 Å². The summed E-state index contributed by atoms with van der Waals surface area (Å²) in [5.41, 5.74) is 5.81. The largest absolute Gasteiger partial charge is 0.460 e. The van der Waals surface area contributed by atoms with E-state index in [9.17, 15) is 57.1 Å². The van der Waals surface area contributed by atoms with E-state index >= 15 is 0 Å². The molecule has 4 bridgehead atoms. The summed E-state index contributed by atoms with van der Waals surface area (Å²) in [6.07, 6.45) is -4.96. The van der Waals surface area contributed by atoms with Gasteiger partial charge in [0.05, 0.1) is 0 Å². The van der Waals surface area contributed by atoms with Gasteiger partial charge in [0.2, 0.25) is 0 Å². The van der Waals surface area contributed by atoms with Gasteiger partial charge in [0.1, 0.15) is 0 Å². The Morgan fingerprint density at radius 1 is 0.432 bits per heavy atom. The smallest absolute Gasteiger partial charge is 0.200 e. The molecule has 0 fully saturated rings. The number of benzene rings is 2. The molecule has 0 heterocycles. The third kappa shape index (κ3) is 5.84. The maximum Gasteiger partial charge on any atom is 0.460 e. The minimum absolute atomic E-state index is 0.115. The first kappa shape index (κ1) is 30.8. The zero-order valence-corrected chi connectivity index (χ0v) is 19.1. The molecule has 0 radical (unpaired) electrons. The van der Waals surface area contributed by atoms with E-state index in [4.69, 9.17) is 0 Å². The van der Waals surface area contributed by atoms with Crippen molar-refractivity contribution in [1.82, 2.24) is 0 Å². The second-order valence-corrected chi connectivity index (χ2v) is 8.49. The van der Waals surface area contributed by atoms with E-state index in [2.05, 4.69) is 48.5 Å². The molecule has 0 spiro atoms. The number of rotatable bonds is 5. The number of aryl methyl sites for hydroxylation is 4. The number of hydrogen-bond donors (Lipinski definition) is 0. The molecule has 0 saturated heterocycles. The van der Waals surface area contributed by atoms with E-state index in [1.807, 2.05) is 0 Å². The quantitative estimate of drug-likeness (QED) is 0.323. The van der Waals surface area contributed by atoms with Crippen molar-refractivity contribution < 1.29 is 57.1 Å². The molecule has 0 aliphatic heterocycles. The molecule has 37 heavy (non-hydrogen) atoms. The average Bonchev–Trinajstić information content (AvgIpc) is 2.80. The lowest BCUT2D eigenvalue weighted by atomic mass is 9.93. The van der Waals surface area contributed by atoms with Crippen LogP contribution in [0.25, 0.3) is 0 Å². The number of hydrogen-bond acceptors (Lipinski definition) is 0. The molecule has 0 nitrogen and oxygen atoms in total. The van der Waals surface area contributed by atoms with Crippen LogP contribution in [0.3, 0.4) is 0 Å². The van der Waals surface area contributed by atoms with Crippen molar-refractivity contribution in [1.29, 1.82) is 0 Å². The van der Waals surface area contributed by atoms with Crippen molar-refractivity contribution in [2.45, 2.75) is 74.8 Å². The van der Waals surface area contributed by atoms with Crippen molar-refractivity contribution in [3.05, 3.63) is 70.8 Å². The molecular formula is C24H21F13. The van der Waals surface area contributed by atoms with Crippen molar-refractivity contribution in [2.75, 3.05) is 0 Å². The Morgan fingerprint density at radius 2 is 0.676 bits per heavy atom. The molecule has 0 N–H and O–H groups in total. The molecule has 13 heteroatoms. The van der Waals surface area contributed by atoms with Crippen LogP contribution < -0.4 is 0 Å². The highest BCUT2D eigenvalue weighted by atomic mass is 19.4. The molecule has 0 amide bonds. The molecule has 6 rings (SSSR count). The summed E-state index contributed by atoms with van der Waals surface area (Å²) in [5.74, 6) is -36.2. The highest BCUT2D eigenvalue weighted by molar-refractivity contribution is 5.29. The SMILES string of the molecule is CCC(F)(F)C(F)(F)C(F)(F)C(F)(F)C(F)(F)C(F)(F)F.c1cc2ccc1CCc1ccc(cc1)CC2. The molecule has 0 aromatic heterocycles. The van der Waals surface area contributed by atoms with Gasteiger partial charge in [0.25, 0.3) is 0 Å². The standard InChI is InChI=1S/C16H16.C8H5F13/c1-2-14-4-3-13(1)9-10-15-5-7-16(8-6-15)12-11-14;1-2-3(9,10)4(11,12)5(13,14)6(15,16)7(17,18)8(19,20)21/h1-8H,9-12H2;2H2,1H3. The van der Waals surface area contributed by atoms with Gasteiger partial charge in [-0.15, -0.1) is 0 Å². The Morgan fingerprint density at radius 3 is 0.892 bits per heavy atom. The van der Waals surface area contributed by atoms with Gasteiger partial charge >= 0.3 is 35.8 Å². The summed E-state index contributed by atoms with van der Waals surface area (Å²) < 4.78 is 161. The molecular weight excluding hydrogens is 535 g/mol. The molecule has 4 aliphatic carbocycles. The molecule has 0 saturated carbocycles. The first-order chi connectivity index (χ1) is 16.7. The van der Waals surface area contributed by atoms with Gasteiger partial charge in [-0.05, 0) is 47.9 Å². The Labute approximate surface area is 203 Å². The highest BCUT2D eigenvalue weighted by Crippen LogP contribution is 2.60. The Bertz CT molecular complexity index is 927. The van der Waals surface area contributed by atoms with Crippen molar-refractivity contribution in [3.8, 4) is 0 Å². The zero-order chi connectivity index (χ0) is 28.5. The second-order valence-electron chi connectivity index (χ2n) is 8.49. The monoisotopic (exact) mass is 556 g/mol. The summed E-state index contributed by atoms with van der Waals surface area (Å²) in [4.78, 5) is 0.